The summed E-state index contributed by atoms with van der Waals surface area (Å²) in [5.74, 6) is 0.625. The third-order valence-electron chi connectivity index (χ3n) is 5.49. The fourth-order valence-corrected chi connectivity index (χ4v) is 3.94. The molecule has 2 aromatic heterocycles. The van der Waals surface area contributed by atoms with Gasteiger partial charge in [-0.2, -0.15) is 5.10 Å². The Morgan fingerprint density at radius 1 is 1.16 bits per heavy atom. The fourth-order valence-electron chi connectivity index (χ4n) is 3.94. The zero-order valence-electron chi connectivity index (χ0n) is 18.0. The summed E-state index contributed by atoms with van der Waals surface area (Å²) in [6.45, 7) is 7.88. The van der Waals surface area contributed by atoms with Gasteiger partial charge in [0, 0.05) is 47.1 Å². The number of carbonyl (C=O) groups excluding carboxylic acids is 1. The summed E-state index contributed by atoms with van der Waals surface area (Å²) in [6.07, 6.45) is 7.50. The molecule has 3 heterocycles. The van der Waals surface area contributed by atoms with Crippen LogP contribution in [0.4, 0.5) is 5.69 Å². The Kier molecular flexibility index (Phi) is 6.57. The molecular weight excluding hydrogens is 392 g/mol. The molecule has 0 unspecified atom stereocenters. The molecule has 8 nitrogen and oxygen atoms in total. The summed E-state index contributed by atoms with van der Waals surface area (Å²) in [4.78, 5) is 23.6. The molecule has 8 heteroatoms. The number of nitrogens with one attached hydrogen (secondary N) is 1. The van der Waals surface area contributed by atoms with E-state index in [0.717, 1.165) is 47.9 Å². The number of amides is 1. The maximum atomic E-state index is 12.4. The highest BCUT2D eigenvalue weighted by Gasteiger charge is 2.16. The van der Waals surface area contributed by atoms with Gasteiger partial charge in [-0.15, -0.1) is 0 Å². The Morgan fingerprint density at radius 2 is 1.94 bits per heavy atom. The minimum absolute atomic E-state index is 0.143. The van der Waals surface area contributed by atoms with Crippen LogP contribution in [0.15, 0.2) is 43.0 Å². The van der Waals surface area contributed by atoms with E-state index in [0.29, 0.717) is 12.3 Å². The van der Waals surface area contributed by atoms with E-state index in [9.17, 15) is 4.79 Å². The van der Waals surface area contributed by atoms with Gasteiger partial charge in [-0.1, -0.05) is 0 Å². The topological polar surface area (TPSA) is 85.2 Å². The number of nitrogens with zero attached hydrogens (tertiary/aromatic N) is 5. The molecule has 4 rings (SSSR count). The minimum atomic E-state index is -0.143. The molecule has 0 bridgehead atoms. The van der Waals surface area contributed by atoms with Crippen LogP contribution in [0, 0.1) is 13.8 Å². The van der Waals surface area contributed by atoms with Gasteiger partial charge in [-0.3, -0.25) is 14.4 Å². The first-order valence-electron chi connectivity index (χ1n) is 10.7. The van der Waals surface area contributed by atoms with Crippen LogP contribution in [0.5, 0.6) is 5.75 Å². The third kappa shape index (κ3) is 5.27. The van der Waals surface area contributed by atoms with Crippen LogP contribution < -0.4 is 10.1 Å². The SMILES string of the molecule is Cc1ncnc(C)c1-c1cc(NC(=O)Cn2cccn2)ccc1OCCN1CCCC1. The van der Waals surface area contributed by atoms with Crippen molar-refractivity contribution in [1.29, 1.82) is 0 Å². The maximum absolute atomic E-state index is 12.4. The predicted molar refractivity (Wildman–Crippen MR) is 119 cm³/mol. The predicted octanol–water partition coefficient (Wildman–Crippen LogP) is 3.07. The molecule has 0 aliphatic carbocycles. The van der Waals surface area contributed by atoms with Gasteiger partial charge in [0.2, 0.25) is 5.91 Å². The zero-order chi connectivity index (χ0) is 21.6. The first-order chi connectivity index (χ1) is 15.1. The highest BCUT2D eigenvalue weighted by molar-refractivity contribution is 5.92. The number of hydrogen-bond donors (Lipinski definition) is 1. The average molecular weight is 421 g/mol. The van der Waals surface area contributed by atoms with Gasteiger partial charge in [-0.25, -0.2) is 9.97 Å². The van der Waals surface area contributed by atoms with Crippen LogP contribution in [0.2, 0.25) is 0 Å². The Hall–Kier alpha value is -3.26. The molecule has 1 aliphatic heterocycles. The van der Waals surface area contributed by atoms with Crippen molar-refractivity contribution in [3.8, 4) is 16.9 Å². The van der Waals surface area contributed by atoms with E-state index < -0.39 is 0 Å². The van der Waals surface area contributed by atoms with Gasteiger partial charge in [0.05, 0.1) is 0 Å². The number of aryl methyl sites for hydroxylation is 2. The summed E-state index contributed by atoms with van der Waals surface area (Å²) < 4.78 is 7.77. The second-order valence-electron chi connectivity index (χ2n) is 7.78. The molecule has 0 saturated carbocycles. The monoisotopic (exact) mass is 420 g/mol. The minimum Gasteiger partial charge on any atom is -0.492 e. The Bertz CT molecular complexity index is 1010. The van der Waals surface area contributed by atoms with Gasteiger partial charge in [0.25, 0.3) is 0 Å². The van der Waals surface area contributed by atoms with Gasteiger partial charge >= 0.3 is 0 Å². The molecular formula is C23H28N6O2. The summed E-state index contributed by atoms with van der Waals surface area (Å²) in [5, 5.41) is 7.03. The van der Waals surface area contributed by atoms with Crippen molar-refractivity contribution in [2.24, 2.45) is 0 Å². The molecule has 0 radical (unpaired) electrons. The number of hydrogen-bond acceptors (Lipinski definition) is 6. The summed E-state index contributed by atoms with van der Waals surface area (Å²) in [7, 11) is 0. The van der Waals surface area contributed by atoms with E-state index in [-0.39, 0.29) is 12.5 Å². The zero-order valence-corrected chi connectivity index (χ0v) is 18.0. The van der Waals surface area contributed by atoms with Crippen molar-refractivity contribution in [3.05, 3.63) is 54.4 Å². The molecule has 1 amide bonds. The molecule has 1 saturated heterocycles. The van der Waals surface area contributed by atoms with Gasteiger partial charge in [-0.05, 0) is 64.0 Å². The van der Waals surface area contributed by atoms with Crippen LogP contribution in [-0.4, -0.2) is 56.8 Å². The average Bonchev–Trinajstić information content (AvgIpc) is 3.43. The largest absolute Gasteiger partial charge is 0.492 e. The lowest BCUT2D eigenvalue weighted by Crippen LogP contribution is -2.25. The number of aromatic nitrogens is 4. The normalized spacial score (nSPS) is 14.0. The highest BCUT2D eigenvalue weighted by Crippen LogP contribution is 2.35. The molecule has 0 atom stereocenters. The van der Waals surface area contributed by atoms with E-state index in [1.807, 2.05) is 32.0 Å². The van der Waals surface area contributed by atoms with Crippen LogP contribution in [0.1, 0.15) is 24.2 Å². The fraction of sp³-hybridized carbons (Fsp3) is 0.391. The molecule has 1 N–H and O–H groups in total. The van der Waals surface area contributed by atoms with Crippen molar-refractivity contribution in [2.75, 3.05) is 31.6 Å². The molecule has 31 heavy (non-hydrogen) atoms. The van der Waals surface area contributed by atoms with Crippen LogP contribution in [-0.2, 0) is 11.3 Å². The molecule has 3 aromatic rings. The maximum Gasteiger partial charge on any atom is 0.246 e. The lowest BCUT2D eigenvalue weighted by Gasteiger charge is -2.18. The number of carbonyl (C=O) groups is 1. The van der Waals surface area contributed by atoms with E-state index in [1.165, 1.54) is 12.8 Å². The smallest absolute Gasteiger partial charge is 0.246 e. The molecule has 1 aromatic carbocycles. The highest BCUT2D eigenvalue weighted by atomic mass is 16.5. The first-order valence-corrected chi connectivity index (χ1v) is 10.7. The van der Waals surface area contributed by atoms with Crippen LogP contribution in [0.3, 0.4) is 0 Å². The lowest BCUT2D eigenvalue weighted by molar-refractivity contribution is -0.116. The molecule has 0 spiro atoms. The Morgan fingerprint density at radius 3 is 2.65 bits per heavy atom. The summed E-state index contributed by atoms with van der Waals surface area (Å²) in [6, 6.07) is 7.50. The van der Waals surface area contributed by atoms with Crippen LogP contribution in [0.25, 0.3) is 11.1 Å². The van der Waals surface area contributed by atoms with Crippen molar-refractivity contribution >= 4 is 11.6 Å². The number of rotatable bonds is 8. The lowest BCUT2D eigenvalue weighted by atomic mass is 10.0. The second-order valence-corrected chi connectivity index (χ2v) is 7.78. The van der Waals surface area contributed by atoms with Crippen molar-refractivity contribution < 1.29 is 9.53 Å². The second kappa shape index (κ2) is 9.70. The quantitative estimate of drug-likeness (QED) is 0.603. The Labute approximate surface area is 182 Å². The van der Waals surface area contributed by atoms with E-state index in [2.05, 4.69) is 25.3 Å². The molecule has 1 aliphatic rings. The van der Waals surface area contributed by atoms with Gasteiger partial charge < -0.3 is 10.1 Å². The van der Waals surface area contributed by atoms with E-state index >= 15 is 0 Å². The number of ether oxygens (including phenoxy) is 1. The van der Waals surface area contributed by atoms with Crippen molar-refractivity contribution in [2.45, 2.75) is 33.2 Å². The number of likely N-dealkylation sites (tertiary alicyclic amines) is 1. The number of benzene rings is 1. The van der Waals surface area contributed by atoms with E-state index in [1.54, 1.807) is 29.5 Å². The number of anilines is 1. The van der Waals surface area contributed by atoms with Gasteiger partial charge in [0.15, 0.2) is 0 Å². The van der Waals surface area contributed by atoms with Gasteiger partial charge in [0.1, 0.15) is 25.2 Å². The van der Waals surface area contributed by atoms with Crippen molar-refractivity contribution in [3.63, 3.8) is 0 Å². The summed E-state index contributed by atoms with van der Waals surface area (Å²) >= 11 is 0. The standard InChI is InChI=1S/C23H28N6O2/c1-17-23(18(2)25-16-24-17)20-14-19(27-22(30)15-29-11-5-8-26-29)6-7-21(20)31-13-12-28-9-3-4-10-28/h5-8,11,14,16H,3-4,9-10,12-13,15H2,1-2H3,(H,27,30). The van der Waals surface area contributed by atoms with Crippen molar-refractivity contribution in [1.82, 2.24) is 24.6 Å². The Balaban J connectivity index is 1.56. The molecule has 1 fully saturated rings. The first kappa shape index (κ1) is 21.0. The summed E-state index contributed by atoms with van der Waals surface area (Å²) in [5.41, 5.74) is 4.26. The molecule has 162 valence electrons. The van der Waals surface area contributed by atoms with Crippen LogP contribution >= 0.6 is 0 Å². The van der Waals surface area contributed by atoms with E-state index in [4.69, 9.17) is 4.74 Å². The third-order valence-corrected chi connectivity index (χ3v) is 5.49.